The highest BCUT2D eigenvalue weighted by Gasteiger charge is 2.13. The summed E-state index contributed by atoms with van der Waals surface area (Å²) in [4.78, 5) is 23.5. The Morgan fingerprint density at radius 3 is 2.25 bits per heavy atom. The number of aliphatic hydroxyl groups excluding tert-OH is 1. The van der Waals surface area contributed by atoms with Crippen molar-refractivity contribution in [3.8, 4) is 0 Å². The van der Waals surface area contributed by atoms with Crippen LogP contribution in [0.1, 0.15) is 30.1 Å². The fourth-order valence-corrected chi connectivity index (χ4v) is 2.26. The van der Waals surface area contributed by atoms with E-state index < -0.39 is 12.0 Å². The highest BCUT2D eigenvalue weighted by atomic mass is 35.5. The van der Waals surface area contributed by atoms with Gasteiger partial charge in [0.05, 0.1) is 12.5 Å². The van der Waals surface area contributed by atoms with Crippen molar-refractivity contribution in [3.63, 3.8) is 0 Å². The first-order valence-electron chi connectivity index (χ1n) is 7.60. The molecule has 0 aromatic heterocycles. The number of rotatable bonds is 6. The highest BCUT2D eigenvalue weighted by molar-refractivity contribution is 6.30. The molecule has 5 nitrogen and oxygen atoms in total. The topological polar surface area (TPSA) is 78.4 Å². The third-order valence-corrected chi connectivity index (χ3v) is 3.71. The Balaban J connectivity index is 1.70. The Labute approximate surface area is 145 Å². The average Bonchev–Trinajstić information content (AvgIpc) is 2.59. The van der Waals surface area contributed by atoms with Crippen LogP contribution in [0.3, 0.4) is 0 Å². The summed E-state index contributed by atoms with van der Waals surface area (Å²) in [5.74, 6) is -0.751. The summed E-state index contributed by atoms with van der Waals surface area (Å²) in [5, 5.41) is 10.5. The van der Waals surface area contributed by atoms with Gasteiger partial charge in [-0.3, -0.25) is 20.4 Å². The van der Waals surface area contributed by atoms with E-state index in [1.807, 2.05) is 30.3 Å². The van der Waals surface area contributed by atoms with Crippen molar-refractivity contribution in [2.45, 2.75) is 25.4 Å². The molecule has 0 aliphatic rings. The quantitative estimate of drug-likeness (QED) is 0.703. The van der Waals surface area contributed by atoms with E-state index in [0.717, 1.165) is 5.56 Å². The molecule has 0 heterocycles. The predicted molar refractivity (Wildman–Crippen MR) is 92.1 cm³/mol. The fraction of sp³-hybridized carbons (Fsp3) is 0.222. The molecule has 1 atom stereocenters. The minimum Gasteiger partial charge on any atom is -0.388 e. The van der Waals surface area contributed by atoms with Crippen molar-refractivity contribution >= 4 is 23.4 Å². The summed E-state index contributed by atoms with van der Waals surface area (Å²) in [6, 6.07) is 16.2. The molecule has 0 aliphatic heterocycles. The molecule has 0 spiro atoms. The van der Waals surface area contributed by atoms with Crippen molar-refractivity contribution in [2.75, 3.05) is 0 Å². The SMILES string of the molecule is O=C(CCc1ccccc1)NNC(=O)CC(O)c1ccc(Cl)cc1. The lowest BCUT2D eigenvalue weighted by molar-refractivity contribution is -0.130. The lowest BCUT2D eigenvalue weighted by atomic mass is 10.1. The van der Waals surface area contributed by atoms with Crippen LogP contribution >= 0.6 is 11.6 Å². The molecule has 2 aromatic carbocycles. The first-order valence-corrected chi connectivity index (χ1v) is 7.97. The van der Waals surface area contributed by atoms with Gasteiger partial charge in [-0.15, -0.1) is 0 Å². The maximum Gasteiger partial charge on any atom is 0.241 e. The smallest absolute Gasteiger partial charge is 0.241 e. The van der Waals surface area contributed by atoms with Crippen molar-refractivity contribution in [2.24, 2.45) is 0 Å². The average molecular weight is 347 g/mol. The highest BCUT2D eigenvalue weighted by Crippen LogP contribution is 2.18. The zero-order valence-corrected chi connectivity index (χ0v) is 13.8. The van der Waals surface area contributed by atoms with Crippen LogP contribution in [0, 0.1) is 0 Å². The molecule has 24 heavy (non-hydrogen) atoms. The number of aliphatic hydroxyl groups is 1. The normalized spacial score (nSPS) is 11.6. The lowest BCUT2D eigenvalue weighted by Crippen LogP contribution is -2.42. The van der Waals surface area contributed by atoms with E-state index in [-0.39, 0.29) is 18.7 Å². The second kappa shape index (κ2) is 9.05. The molecule has 2 amide bonds. The van der Waals surface area contributed by atoms with Gasteiger partial charge in [0.15, 0.2) is 0 Å². The zero-order chi connectivity index (χ0) is 17.4. The van der Waals surface area contributed by atoms with Gasteiger partial charge >= 0.3 is 0 Å². The molecule has 0 fully saturated rings. The molecule has 6 heteroatoms. The maximum absolute atomic E-state index is 11.8. The number of aryl methyl sites for hydroxylation is 1. The number of benzene rings is 2. The molecule has 0 aliphatic carbocycles. The molecule has 3 N–H and O–H groups in total. The van der Waals surface area contributed by atoms with Gasteiger partial charge in [-0.1, -0.05) is 54.1 Å². The van der Waals surface area contributed by atoms with E-state index in [1.165, 1.54) is 0 Å². The van der Waals surface area contributed by atoms with E-state index in [4.69, 9.17) is 11.6 Å². The Bertz CT molecular complexity index is 674. The van der Waals surface area contributed by atoms with Crippen molar-refractivity contribution in [1.29, 1.82) is 0 Å². The first kappa shape index (κ1) is 18.0. The summed E-state index contributed by atoms with van der Waals surface area (Å²) in [6.07, 6.45) is -0.246. The summed E-state index contributed by atoms with van der Waals surface area (Å²) in [6.45, 7) is 0. The molecule has 0 bridgehead atoms. The van der Waals surface area contributed by atoms with E-state index in [0.29, 0.717) is 17.0 Å². The molecule has 0 saturated carbocycles. The number of carbonyl (C=O) groups excluding carboxylic acids is 2. The third-order valence-electron chi connectivity index (χ3n) is 3.46. The molecule has 126 valence electrons. The summed E-state index contributed by atoms with van der Waals surface area (Å²) in [5.41, 5.74) is 6.29. The predicted octanol–water partition coefficient (Wildman–Crippen LogP) is 2.54. The van der Waals surface area contributed by atoms with Crippen LogP contribution in [0.25, 0.3) is 0 Å². The summed E-state index contributed by atoms with van der Waals surface area (Å²) in [7, 11) is 0. The van der Waals surface area contributed by atoms with Crippen LogP contribution in [-0.4, -0.2) is 16.9 Å². The van der Waals surface area contributed by atoms with Crippen molar-refractivity contribution in [1.82, 2.24) is 10.9 Å². The fourth-order valence-electron chi connectivity index (χ4n) is 2.13. The third kappa shape index (κ3) is 6.02. The van der Waals surface area contributed by atoms with E-state index >= 15 is 0 Å². The van der Waals surface area contributed by atoms with E-state index in [2.05, 4.69) is 10.9 Å². The number of amides is 2. The molecule has 0 saturated heterocycles. The Morgan fingerprint density at radius 1 is 0.958 bits per heavy atom. The zero-order valence-electron chi connectivity index (χ0n) is 13.0. The molecular formula is C18H19ClN2O3. The molecule has 2 aromatic rings. The summed E-state index contributed by atoms with van der Waals surface area (Å²) >= 11 is 5.77. The van der Waals surface area contributed by atoms with Crippen LogP contribution in [-0.2, 0) is 16.0 Å². The van der Waals surface area contributed by atoms with Gasteiger partial charge in [-0.05, 0) is 29.7 Å². The monoisotopic (exact) mass is 346 g/mol. The molecule has 0 radical (unpaired) electrons. The first-order chi connectivity index (χ1) is 11.5. The molecule has 1 unspecified atom stereocenters. The Kier molecular flexibility index (Phi) is 6.78. The number of halogens is 1. The van der Waals surface area contributed by atoms with Crippen molar-refractivity contribution < 1.29 is 14.7 Å². The van der Waals surface area contributed by atoms with Gasteiger partial charge in [-0.2, -0.15) is 0 Å². The van der Waals surface area contributed by atoms with E-state index in [1.54, 1.807) is 24.3 Å². The van der Waals surface area contributed by atoms with Gasteiger partial charge in [0.1, 0.15) is 0 Å². The number of hydrogen-bond donors (Lipinski definition) is 3. The van der Waals surface area contributed by atoms with Gasteiger partial charge in [0, 0.05) is 11.4 Å². The van der Waals surface area contributed by atoms with Gasteiger partial charge < -0.3 is 5.11 Å². The second-order valence-corrected chi connectivity index (χ2v) is 5.79. The van der Waals surface area contributed by atoms with E-state index in [9.17, 15) is 14.7 Å². The number of hydrogen-bond acceptors (Lipinski definition) is 3. The van der Waals surface area contributed by atoms with Gasteiger partial charge in [0.25, 0.3) is 0 Å². The maximum atomic E-state index is 11.8. The minimum absolute atomic E-state index is 0.152. The number of carbonyl (C=O) groups is 2. The second-order valence-electron chi connectivity index (χ2n) is 5.35. The van der Waals surface area contributed by atoms with Crippen LogP contribution in [0.2, 0.25) is 5.02 Å². The van der Waals surface area contributed by atoms with Gasteiger partial charge in [0.2, 0.25) is 11.8 Å². The standard InChI is InChI=1S/C18H19ClN2O3/c19-15-9-7-14(8-10-15)16(22)12-18(24)21-20-17(23)11-6-13-4-2-1-3-5-13/h1-5,7-10,16,22H,6,11-12H2,(H,20,23)(H,21,24). The van der Waals surface area contributed by atoms with Gasteiger partial charge in [-0.25, -0.2) is 0 Å². The largest absolute Gasteiger partial charge is 0.388 e. The number of nitrogens with one attached hydrogen (secondary N) is 2. The molecular weight excluding hydrogens is 328 g/mol. The van der Waals surface area contributed by atoms with Crippen molar-refractivity contribution in [3.05, 3.63) is 70.7 Å². The van der Waals surface area contributed by atoms with Crippen LogP contribution in [0.5, 0.6) is 0 Å². The van der Waals surface area contributed by atoms with Crippen LogP contribution in [0.4, 0.5) is 0 Å². The van der Waals surface area contributed by atoms with Crippen LogP contribution < -0.4 is 10.9 Å². The minimum atomic E-state index is -0.955. The lowest BCUT2D eigenvalue weighted by Gasteiger charge is -2.12. The summed E-state index contributed by atoms with van der Waals surface area (Å²) < 4.78 is 0. The Hall–Kier alpha value is -2.37. The Morgan fingerprint density at radius 2 is 1.58 bits per heavy atom. The van der Waals surface area contributed by atoms with Crippen LogP contribution in [0.15, 0.2) is 54.6 Å². The number of hydrazine groups is 1. The molecule has 2 rings (SSSR count).